The molecule has 0 radical (unpaired) electrons. The Hall–Kier alpha value is -1.89. The number of aliphatic hydroxyl groups is 1. The van der Waals surface area contributed by atoms with Crippen molar-refractivity contribution in [2.45, 2.75) is 13.0 Å². The van der Waals surface area contributed by atoms with Crippen LogP contribution in [-0.4, -0.2) is 44.9 Å². The molecule has 0 unspecified atom stereocenters. The van der Waals surface area contributed by atoms with Crippen LogP contribution < -0.4 is 5.32 Å². The van der Waals surface area contributed by atoms with Gasteiger partial charge in [-0.2, -0.15) is 5.10 Å². The summed E-state index contributed by atoms with van der Waals surface area (Å²) in [6.07, 6.45) is -0.265. The lowest BCUT2D eigenvalue weighted by atomic mass is 10.2. The molecule has 7 nitrogen and oxygen atoms in total. The van der Waals surface area contributed by atoms with Crippen molar-refractivity contribution in [1.29, 1.82) is 0 Å². The first-order valence-corrected chi connectivity index (χ1v) is 4.21. The number of carbonyl (C=O) groups excluding carboxylic acids is 1. The lowest BCUT2D eigenvalue weighted by molar-refractivity contribution is -0.146. The zero-order chi connectivity index (χ0) is 11.4. The molecular weight excluding hydrogens is 202 g/mol. The fourth-order valence-corrected chi connectivity index (χ4v) is 0.952. The maximum atomic E-state index is 11.4. The molecule has 15 heavy (non-hydrogen) atoms. The fraction of sp³-hybridized carbons (Fsp3) is 0.375. The quantitative estimate of drug-likeness (QED) is 0.506. The lowest BCUT2D eigenvalue weighted by Gasteiger charge is -2.06. The molecular formula is C8H11N3O4. The highest BCUT2D eigenvalue weighted by molar-refractivity contribution is 5.95. The Morgan fingerprint density at radius 1 is 1.67 bits per heavy atom. The zero-order valence-corrected chi connectivity index (χ0v) is 8.02. The minimum atomic E-state index is -1.60. The number of aliphatic carboxylic acids is 1. The first-order valence-electron chi connectivity index (χ1n) is 4.21. The third-order valence-electron chi connectivity index (χ3n) is 1.82. The van der Waals surface area contributed by atoms with E-state index in [9.17, 15) is 9.59 Å². The molecule has 0 saturated heterocycles. The van der Waals surface area contributed by atoms with E-state index in [-0.39, 0.29) is 6.54 Å². The van der Waals surface area contributed by atoms with Crippen LogP contribution in [0.5, 0.6) is 0 Å². The van der Waals surface area contributed by atoms with Crippen LogP contribution >= 0.6 is 0 Å². The van der Waals surface area contributed by atoms with Crippen LogP contribution in [0.25, 0.3) is 0 Å². The third kappa shape index (κ3) is 2.78. The number of aryl methyl sites for hydroxylation is 1. The fourth-order valence-electron chi connectivity index (χ4n) is 0.952. The predicted molar refractivity (Wildman–Crippen MR) is 49.3 cm³/mol. The molecule has 82 valence electrons. The maximum absolute atomic E-state index is 11.4. The topological polar surface area (TPSA) is 115 Å². The number of hydrogen-bond donors (Lipinski definition) is 4. The van der Waals surface area contributed by atoms with Gasteiger partial charge in [0.15, 0.2) is 6.10 Å². The van der Waals surface area contributed by atoms with E-state index in [0.29, 0.717) is 11.3 Å². The number of rotatable bonds is 4. The molecule has 1 heterocycles. The zero-order valence-electron chi connectivity index (χ0n) is 8.02. The number of nitrogens with zero attached hydrogens (tertiary/aromatic N) is 1. The highest BCUT2D eigenvalue weighted by atomic mass is 16.4. The minimum Gasteiger partial charge on any atom is -0.479 e. The number of H-pyrrole nitrogens is 1. The molecule has 1 atom stereocenters. The summed E-state index contributed by atoms with van der Waals surface area (Å²) in [6.45, 7) is 1.33. The van der Waals surface area contributed by atoms with Crippen LogP contribution in [0.4, 0.5) is 0 Å². The molecule has 1 rings (SSSR count). The highest BCUT2D eigenvalue weighted by Gasteiger charge is 2.16. The molecule has 0 spiro atoms. The molecule has 0 aliphatic rings. The third-order valence-corrected chi connectivity index (χ3v) is 1.82. The lowest BCUT2D eigenvalue weighted by Crippen LogP contribution is -2.36. The van der Waals surface area contributed by atoms with Gasteiger partial charge in [-0.3, -0.25) is 9.89 Å². The summed E-state index contributed by atoms with van der Waals surface area (Å²) in [4.78, 5) is 21.6. The average Bonchev–Trinajstić information content (AvgIpc) is 2.60. The van der Waals surface area contributed by atoms with Crippen LogP contribution in [0, 0.1) is 6.92 Å². The number of aliphatic hydroxyl groups excluding tert-OH is 1. The Bertz CT molecular complexity index is 374. The Labute approximate surface area is 85.1 Å². The summed E-state index contributed by atoms with van der Waals surface area (Å²) in [5.74, 6) is -1.85. The molecule has 0 aromatic carbocycles. The van der Waals surface area contributed by atoms with Crippen molar-refractivity contribution < 1.29 is 19.8 Å². The van der Waals surface area contributed by atoms with Gasteiger partial charge in [-0.1, -0.05) is 0 Å². The van der Waals surface area contributed by atoms with E-state index >= 15 is 0 Å². The molecule has 7 heteroatoms. The number of nitrogens with one attached hydrogen (secondary N) is 2. The molecule has 0 bridgehead atoms. The van der Waals surface area contributed by atoms with E-state index < -0.39 is 18.0 Å². The number of aromatic amines is 1. The first-order chi connectivity index (χ1) is 7.02. The Morgan fingerprint density at radius 3 is 2.80 bits per heavy atom. The van der Waals surface area contributed by atoms with Crippen molar-refractivity contribution in [3.05, 3.63) is 17.5 Å². The molecule has 0 aliphatic carbocycles. The van der Waals surface area contributed by atoms with Gasteiger partial charge >= 0.3 is 5.97 Å². The molecule has 1 aromatic heterocycles. The van der Waals surface area contributed by atoms with Gasteiger partial charge in [0.05, 0.1) is 18.3 Å². The van der Waals surface area contributed by atoms with Gasteiger partial charge in [-0.15, -0.1) is 0 Å². The van der Waals surface area contributed by atoms with Gasteiger partial charge < -0.3 is 15.5 Å². The van der Waals surface area contributed by atoms with Gasteiger partial charge in [0.1, 0.15) is 0 Å². The van der Waals surface area contributed by atoms with Crippen molar-refractivity contribution in [3.8, 4) is 0 Å². The van der Waals surface area contributed by atoms with Crippen LogP contribution in [-0.2, 0) is 4.79 Å². The summed E-state index contributed by atoms with van der Waals surface area (Å²) in [6, 6.07) is 0. The van der Waals surface area contributed by atoms with Crippen molar-refractivity contribution in [2.75, 3.05) is 6.54 Å². The SMILES string of the molecule is Cc1[nH]ncc1C(=O)NC[C@H](O)C(=O)O. The predicted octanol–water partition coefficient (Wildman–Crippen LogP) is -1.11. The summed E-state index contributed by atoms with van der Waals surface area (Å²) in [5.41, 5.74) is 0.907. The maximum Gasteiger partial charge on any atom is 0.334 e. The van der Waals surface area contributed by atoms with Crippen LogP contribution in [0.1, 0.15) is 16.1 Å². The van der Waals surface area contributed by atoms with Gasteiger partial charge in [0.25, 0.3) is 5.91 Å². The van der Waals surface area contributed by atoms with Crippen molar-refractivity contribution >= 4 is 11.9 Å². The van der Waals surface area contributed by atoms with Crippen LogP contribution in [0.15, 0.2) is 6.20 Å². The molecule has 0 aliphatic heterocycles. The Morgan fingerprint density at radius 2 is 2.33 bits per heavy atom. The second kappa shape index (κ2) is 4.56. The Kier molecular flexibility index (Phi) is 3.40. The monoisotopic (exact) mass is 213 g/mol. The van der Waals surface area contributed by atoms with E-state index in [4.69, 9.17) is 10.2 Å². The second-order valence-electron chi connectivity index (χ2n) is 2.97. The van der Waals surface area contributed by atoms with Gasteiger partial charge in [0, 0.05) is 5.69 Å². The van der Waals surface area contributed by atoms with E-state index in [0.717, 1.165) is 0 Å². The molecule has 0 fully saturated rings. The number of carbonyl (C=O) groups is 2. The molecule has 4 N–H and O–H groups in total. The van der Waals surface area contributed by atoms with Crippen molar-refractivity contribution in [2.24, 2.45) is 0 Å². The number of carboxylic acid groups (broad SMARTS) is 1. The minimum absolute atomic E-state index is 0.326. The molecule has 1 amide bonds. The molecule has 1 aromatic rings. The van der Waals surface area contributed by atoms with Crippen LogP contribution in [0.3, 0.4) is 0 Å². The van der Waals surface area contributed by atoms with Gasteiger partial charge in [-0.25, -0.2) is 4.79 Å². The highest BCUT2D eigenvalue weighted by Crippen LogP contribution is 2.01. The van der Waals surface area contributed by atoms with Gasteiger partial charge in [0.2, 0.25) is 0 Å². The summed E-state index contributed by atoms with van der Waals surface area (Å²) in [7, 11) is 0. The standard InChI is InChI=1S/C8H11N3O4/c1-4-5(2-10-11-4)7(13)9-3-6(12)8(14)15/h2,6,12H,3H2,1H3,(H,9,13)(H,10,11)(H,14,15)/t6-/m0/s1. The number of carboxylic acids is 1. The summed E-state index contributed by atoms with van der Waals surface area (Å²) < 4.78 is 0. The van der Waals surface area contributed by atoms with Crippen LogP contribution in [0.2, 0.25) is 0 Å². The Balaban J connectivity index is 2.51. The van der Waals surface area contributed by atoms with E-state index in [1.54, 1.807) is 6.92 Å². The van der Waals surface area contributed by atoms with E-state index in [1.807, 2.05) is 0 Å². The van der Waals surface area contributed by atoms with E-state index in [1.165, 1.54) is 6.20 Å². The van der Waals surface area contributed by atoms with Crippen molar-refractivity contribution in [3.63, 3.8) is 0 Å². The number of aromatic nitrogens is 2. The smallest absolute Gasteiger partial charge is 0.334 e. The largest absolute Gasteiger partial charge is 0.479 e. The van der Waals surface area contributed by atoms with E-state index in [2.05, 4.69) is 15.5 Å². The first kappa shape index (κ1) is 11.2. The average molecular weight is 213 g/mol. The number of hydrogen-bond acceptors (Lipinski definition) is 4. The summed E-state index contributed by atoms with van der Waals surface area (Å²) in [5, 5.41) is 25.8. The summed E-state index contributed by atoms with van der Waals surface area (Å²) >= 11 is 0. The number of amides is 1. The normalized spacial score (nSPS) is 12.1. The van der Waals surface area contributed by atoms with Gasteiger partial charge in [-0.05, 0) is 6.92 Å². The molecule has 0 saturated carbocycles. The van der Waals surface area contributed by atoms with Crippen molar-refractivity contribution in [1.82, 2.24) is 15.5 Å². The second-order valence-corrected chi connectivity index (χ2v) is 2.97.